The average Bonchev–Trinajstić information content (AvgIpc) is 3.00. The molecule has 0 N–H and O–H groups in total. The molecule has 1 aliphatic heterocycles. The molecule has 1 saturated heterocycles. The third-order valence-corrected chi connectivity index (χ3v) is 6.21. The van der Waals surface area contributed by atoms with Crippen LogP contribution in [0.15, 0.2) is 28.5 Å². The highest BCUT2D eigenvalue weighted by molar-refractivity contribution is 7.90. The summed E-state index contributed by atoms with van der Waals surface area (Å²) in [7, 11) is -3.68. The first kappa shape index (κ1) is 17.6. The molecule has 0 bridgehead atoms. The highest BCUT2D eigenvalue weighted by Gasteiger charge is 2.30. The van der Waals surface area contributed by atoms with E-state index in [1.165, 1.54) is 6.07 Å². The molecule has 0 unspecified atom stereocenters. The number of nitro benzene ring substituents is 1. The summed E-state index contributed by atoms with van der Waals surface area (Å²) in [5, 5.41) is 14.4. The number of benzene rings is 1. The smallest absolute Gasteiger partial charge is 0.311 e. The highest BCUT2D eigenvalue weighted by atomic mass is 32.2. The van der Waals surface area contributed by atoms with Gasteiger partial charge in [0, 0.05) is 37.8 Å². The molecule has 2 aromatic rings. The van der Waals surface area contributed by atoms with Gasteiger partial charge in [0.2, 0.25) is 0 Å². The lowest BCUT2D eigenvalue weighted by Gasteiger charge is -2.35. The Hall–Kier alpha value is -2.20. The van der Waals surface area contributed by atoms with Gasteiger partial charge >= 0.3 is 5.69 Å². The van der Waals surface area contributed by atoms with Gasteiger partial charge in [-0.2, -0.15) is 0 Å². The number of aryl methyl sites for hydroxylation is 1. The maximum atomic E-state index is 11.9. The van der Waals surface area contributed by atoms with Crippen molar-refractivity contribution < 1.29 is 13.3 Å². The third-order valence-electron chi connectivity index (χ3n) is 4.06. The van der Waals surface area contributed by atoms with Crippen LogP contribution in [-0.4, -0.2) is 50.8 Å². The summed E-state index contributed by atoms with van der Waals surface area (Å²) in [5.74, 6) is 0. The van der Waals surface area contributed by atoms with Gasteiger partial charge in [0.1, 0.15) is 10.6 Å². The number of rotatable bonds is 4. The third kappa shape index (κ3) is 3.59. The number of hydrogen-bond acceptors (Lipinski definition) is 8. The van der Waals surface area contributed by atoms with Crippen molar-refractivity contribution in [3.63, 3.8) is 0 Å². The normalized spacial score (nSPS) is 15.4. The first-order valence-electron chi connectivity index (χ1n) is 7.67. The van der Waals surface area contributed by atoms with Gasteiger partial charge in [0.05, 0.1) is 10.6 Å². The van der Waals surface area contributed by atoms with Gasteiger partial charge in [0.25, 0.3) is 0 Å². The number of sulfone groups is 1. The van der Waals surface area contributed by atoms with Crippen LogP contribution in [0.4, 0.5) is 16.5 Å². The Labute approximate surface area is 149 Å². The van der Waals surface area contributed by atoms with Crippen LogP contribution in [0.25, 0.3) is 0 Å². The Balaban J connectivity index is 1.87. The van der Waals surface area contributed by atoms with Crippen molar-refractivity contribution in [1.82, 2.24) is 4.98 Å². The summed E-state index contributed by atoms with van der Waals surface area (Å²) in [4.78, 5) is 19.1. The first-order valence-corrected chi connectivity index (χ1v) is 10.4. The Morgan fingerprint density at radius 2 is 1.84 bits per heavy atom. The Kier molecular flexibility index (Phi) is 4.65. The molecule has 0 amide bonds. The molecule has 10 heteroatoms. The molecule has 0 radical (unpaired) electrons. The van der Waals surface area contributed by atoms with Crippen molar-refractivity contribution in [3.8, 4) is 0 Å². The zero-order valence-electron chi connectivity index (χ0n) is 13.9. The zero-order chi connectivity index (χ0) is 18.2. The van der Waals surface area contributed by atoms with E-state index in [4.69, 9.17) is 0 Å². The molecule has 1 aromatic heterocycles. The number of nitrogens with zero attached hydrogens (tertiary/aromatic N) is 4. The lowest BCUT2D eigenvalue weighted by Crippen LogP contribution is -2.46. The van der Waals surface area contributed by atoms with E-state index < -0.39 is 14.8 Å². The number of hydrogen-bond donors (Lipinski definition) is 0. The van der Waals surface area contributed by atoms with Gasteiger partial charge in [0.15, 0.2) is 15.0 Å². The second kappa shape index (κ2) is 6.60. The van der Waals surface area contributed by atoms with Crippen molar-refractivity contribution in [2.45, 2.75) is 11.8 Å². The first-order chi connectivity index (χ1) is 11.8. The monoisotopic (exact) mass is 382 g/mol. The molecule has 3 rings (SSSR count). The van der Waals surface area contributed by atoms with E-state index >= 15 is 0 Å². The summed E-state index contributed by atoms with van der Waals surface area (Å²) in [5.41, 5.74) is 0.977. The molecule has 134 valence electrons. The van der Waals surface area contributed by atoms with Crippen LogP contribution in [0.1, 0.15) is 5.69 Å². The van der Waals surface area contributed by atoms with Crippen molar-refractivity contribution in [2.75, 3.05) is 42.2 Å². The predicted molar refractivity (Wildman–Crippen MR) is 97.5 cm³/mol. The molecule has 1 aliphatic rings. The van der Waals surface area contributed by atoms with Crippen LogP contribution >= 0.6 is 11.3 Å². The Bertz CT molecular complexity index is 902. The number of para-hydroxylation sites is 1. The molecular weight excluding hydrogens is 364 g/mol. The summed E-state index contributed by atoms with van der Waals surface area (Å²) in [6.45, 7) is 4.41. The average molecular weight is 382 g/mol. The van der Waals surface area contributed by atoms with Gasteiger partial charge in [-0.15, -0.1) is 11.3 Å². The molecule has 25 heavy (non-hydrogen) atoms. The molecule has 0 aliphatic carbocycles. The molecule has 2 heterocycles. The van der Waals surface area contributed by atoms with E-state index in [-0.39, 0.29) is 10.6 Å². The molecule has 8 nitrogen and oxygen atoms in total. The molecule has 0 atom stereocenters. The quantitative estimate of drug-likeness (QED) is 0.590. The van der Waals surface area contributed by atoms with Crippen LogP contribution < -0.4 is 9.80 Å². The minimum Gasteiger partial charge on any atom is -0.362 e. The SMILES string of the molecule is Cc1csc(N2CCN(c3cccc(S(C)(=O)=O)c3[N+](=O)[O-])CC2)n1. The van der Waals surface area contributed by atoms with Crippen LogP contribution in [0, 0.1) is 17.0 Å². The van der Waals surface area contributed by atoms with E-state index in [2.05, 4.69) is 9.88 Å². The van der Waals surface area contributed by atoms with Crippen LogP contribution in [0.5, 0.6) is 0 Å². The summed E-state index contributed by atoms with van der Waals surface area (Å²) in [6.07, 6.45) is 0.988. The highest BCUT2D eigenvalue weighted by Crippen LogP contribution is 2.35. The Morgan fingerprint density at radius 3 is 2.36 bits per heavy atom. The van der Waals surface area contributed by atoms with Gasteiger partial charge in [-0.05, 0) is 19.1 Å². The van der Waals surface area contributed by atoms with E-state index in [1.807, 2.05) is 17.2 Å². The standard InChI is InChI=1S/C15H18N4O4S2/c1-11-10-24-15(16-11)18-8-6-17(7-9-18)12-4-3-5-13(25(2,22)23)14(12)19(20)21/h3-5,10H,6-9H2,1-2H3. The van der Waals surface area contributed by atoms with Gasteiger partial charge in [-0.1, -0.05) is 6.07 Å². The zero-order valence-corrected chi connectivity index (χ0v) is 15.5. The molecule has 0 spiro atoms. The van der Waals surface area contributed by atoms with Gasteiger partial charge < -0.3 is 9.80 Å². The second-order valence-corrected chi connectivity index (χ2v) is 8.72. The summed E-state index contributed by atoms with van der Waals surface area (Å²) >= 11 is 1.58. The Morgan fingerprint density at radius 1 is 1.20 bits per heavy atom. The molecule has 1 aromatic carbocycles. The lowest BCUT2D eigenvalue weighted by molar-refractivity contribution is -0.387. The number of anilines is 2. The minimum absolute atomic E-state index is 0.243. The summed E-state index contributed by atoms with van der Waals surface area (Å²) < 4.78 is 23.8. The molecular formula is C15H18N4O4S2. The van der Waals surface area contributed by atoms with E-state index in [1.54, 1.807) is 23.5 Å². The number of aromatic nitrogens is 1. The fraction of sp³-hybridized carbons (Fsp3) is 0.400. The fourth-order valence-electron chi connectivity index (χ4n) is 2.87. The van der Waals surface area contributed by atoms with Gasteiger partial charge in [-0.25, -0.2) is 13.4 Å². The largest absolute Gasteiger partial charge is 0.362 e. The number of thiazole rings is 1. The fourth-order valence-corrected chi connectivity index (χ4v) is 4.59. The van der Waals surface area contributed by atoms with Gasteiger partial charge in [-0.3, -0.25) is 10.1 Å². The summed E-state index contributed by atoms with van der Waals surface area (Å²) in [6, 6.07) is 4.44. The topological polar surface area (TPSA) is 96.7 Å². The van der Waals surface area contributed by atoms with E-state index in [0.717, 1.165) is 17.1 Å². The van der Waals surface area contributed by atoms with Crippen molar-refractivity contribution in [3.05, 3.63) is 39.4 Å². The maximum Gasteiger partial charge on any atom is 0.311 e. The lowest BCUT2D eigenvalue weighted by atomic mass is 10.2. The van der Waals surface area contributed by atoms with Crippen LogP contribution in [-0.2, 0) is 9.84 Å². The van der Waals surface area contributed by atoms with Crippen LogP contribution in [0.2, 0.25) is 0 Å². The van der Waals surface area contributed by atoms with E-state index in [9.17, 15) is 18.5 Å². The maximum absolute atomic E-state index is 11.9. The van der Waals surface area contributed by atoms with Crippen molar-refractivity contribution >= 4 is 37.7 Å². The predicted octanol–water partition coefficient (Wildman–Crippen LogP) is 2.09. The van der Waals surface area contributed by atoms with Crippen LogP contribution in [0.3, 0.4) is 0 Å². The number of nitro groups is 1. The second-order valence-electron chi connectivity index (χ2n) is 5.90. The number of piperazine rings is 1. The van der Waals surface area contributed by atoms with Crippen molar-refractivity contribution in [2.24, 2.45) is 0 Å². The van der Waals surface area contributed by atoms with E-state index in [0.29, 0.717) is 31.9 Å². The molecule has 0 saturated carbocycles. The molecule has 1 fully saturated rings. The van der Waals surface area contributed by atoms with Crippen molar-refractivity contribution in [1.29, 1.82) is 0 Å². The minimum atomic E-state index is -3.68.